The molecule has 1 aliphatic heterocycles. The number of amides is 1. The third-order valence-corrected chi connectivity index (χ3v) is 5.72. The summed E-state index contributed by atoms with van der Waals surface area (Å²) in [5.74, 6) is 0.109. The monoisotopic (exact) mass is 275 g/mol. The standard InChI is InChI=1S/C16H25N3O/c17-11-14-3-1-10-19(14)15(20)12-18-13-4-8-16(9-5-13)6-2-7-16/h13-14,18H,1-10,12H2/t14-/m0/s1. The fraction of sp³-hybridized carbons (Fsp3) is 0.875. The molecule has 0 unspecified atom stereocenters. The van der Waals surface area contributed by atoms with E-state index in [0.29, 0.717) is 18.0 Å². The Labute approximate surface area is 121 Å². The summed E-state index contributed by atoms with van der Waals surface area (Å²) in [5.41, 5.74) is 0.684. The first-order chi connectivity index (χ1) is 9.72. The SMILES string of the molecule is N#C[C@@H]1CCCN1C(=O)CNC1CCC2(CCC2)CC1. The highest BCUT2D eigenvalue weighted by Gasteiger charge is 2.40. The van der Waals surface area contributed by atoms with Gasteiger partial charge in [-0.3, -0.25) is 4.79 Å². The molecule has 1 spiro atoms. The van der Waals surface area contributed by atoms with Crippen LogP contribution in [0.4, 0.5) is 0 Å². The molecular formula is C16H25N3O. The lowest BCUT2D eigenvalue weighted by Gasteiger charge is -2.47. The minimum atomic E-state index is -0.186. The predicted molar refractivity (Wildman–Crippen MR) is 76.9 cm³/mol. The summed E-state index contributed by atoms with van der Waals surface area (Å²) < 4.78 is 0. The Balaban J connectivity index is 1.41. The zero-order valence-corrected chi connectivity index (χ0v) is 12.2. The van der Waals surface area contributed by atoms with Crippen LogP contribution in [0.15, 0.2) is 0 Å². The second kappa shape index (κ2) is 5.73. The minimum Gasteiger partial charge on any atom is -0.326 e. The van der Waals surface area contributed by atoms with E-state index < -0.39 is 0 Å². The lowest BCUT2D eigenvalue weighted by atomic mass is 9.60. The number of carbonyl (C=O) groups excluding carboxylic acids is 1. The van der Waals surface area contributed by atoms with Crippen LogP contribution in [0.25, 0.3) is 0 Å². The molecule has 2 saturated carbocycles. The van der Waals surface area contributed by atoms with Gasteiger partial charge in [-0.15, -0.1) is 0 Å². The van der Waals surface area contributed by atoms with Crippen LogP contribution in [0.5, 0.6) is 0 Å². The average Bonchev–Trinajstić information content (AvgIpc) is 2.92. The van der Waals surface area contributed by atoms with Gasteiger partial charge in [0.2, 0.25) is 5.91 Å². The van der Waals surface area contributed by atoms with Crippen LogP contribution in [0.1, 0.15) is 57.8 Å². The smallest absolute Gasteiger partial charge is 0.237 e. The van der Waals surface area contributed by atoms with Crippen molar-refractivity contribution in [2.45, 2.75) is 69.9 Å². The second-order valence-corrected chi connectivity index (χ2v) is 6.88. The van der Waals surface area contributed by atoms with Crippen LogP contribution in [0, 0.1) is 16.7 Å². The molecule has 20 heavy (non-hydrogen) atoms. The van der Waals surface area contributed by atoms with Crippen molar-refractivity contribution >= 4 is 5.91 Å². The van der Waals surface area contributed by atoms with Gasteiger partial charge in [0.25, 0.3) is 0 Å². The molecule has 0 radical (unpaired) electrons. The van der Waals surface area contributed by atoms with Gasteiger partial charge in [-0.2, -0.15) is 5.26 Å². The number of carbonyl (C=O) groups is 1. The summed E-state index contributed by atoms with van der Waals surface area (Å²) >= 11 is 0. The van der Waals surface area contributed by atoms with E-state index in [1.54, 1.807) is 4.90 Å². The summed E-state index contributed by atoms with van der Waals surface area (Å²) in [6.45, 7) is 1.17. The Morgan fingerprint density at radius 3 is 2.55 bits per heavy atom. The first kappa shape index (κ1) is 13.9. The van der Waals surface area contributed by atoms with Gasteiger partial charge in [0.1, 0.15) is 6.04 Å². The van der Waals surface area contributed by atoms with Crippen molar-refractivity contribution < 1.29 is 4.79 Å². The van der Waals surface area contributed by atoms with Gasteiger partial charge in [0.15, 0.2) is 0 Å². The summed E-state index contributed by atoms with van der Waals surface area (Å²) in [5, 5.41) is 12.5. The number of likely N-dealkylation sites (tertiary alicyclic amines) is 1. The van der Waals surface area contributed by atoms with Crippen molar-refractivity contribution in [2.75, 3.05) is 13.1 Å². The molecule has 1 N–H and O–H groups in total. The Morgan fingerprint density at radius 1 is 1.20 bits per heavy atom. The first-order valence-corrected chi connectivity index (χ1v) is 8.15. The first-order valence-electron chi connectivity index (χ1n) is 8.15. The maximum absolute atomic E-state index is 12.2. The number of hydrogen-bond acceptors (Lipinski definition) is 3. The Hall–Kier alpha value is -1.08. The van der Waals surface area contributed by atoms with E-state index >= 15 is 0 Å². The van der Waals surface area contributed by atoms with Crippen molar-refractivity contribution in [1.29, 1.82) is 5.26 Å². The van der Waals surface area contributed by atoms with Crippen molar-refractivity contribution in [3.8, 4) is 6.07 Å². The molecule has 1 amide bonds. The predicted octanol–water partition coefficient (Wildman–Crippen LogP) is 2.20. The highest BCUT2D eigenvalue weighted by Crippen LogP contribution is 2.51. The molecule has 4 heteroatoms. The molecular weight excluding hydrogens is 250 g/mol. The fourth-order valence-corrected chi connectivity index (χ4v) is 4.14. The van der Waals surface area contributed by atoms with Gasteiger partial charge < -0.3 is 10.2 Å². The molecule has 4 nitrogen and oxygen atoms in total. The van der Waals surface area contributed by atoms with Gasteiger partial charge in [0.05, 0.1) is 12.6 Å². The lowest BCUT2D eigenvalue weighted by molar-refractivity contribution is -0.130. The number of hydrogen-bond donors (Lipinski definition) is 1. The van der Waals surface area contributed by atoms with Crippen LogP contribution in [-0.4, -0.2) is 36.0 Å². The summed E-state index contributed by atoms with van der Waals surface area (Å²) in [4.78, 5) is 13.9. The lowest BCUT2D eigenvalue weighted by Crippen LogP contribution is -2.46. The second-order valence-electron chi connectivity index (χ2n) is 6.88. The van der Waals surface area contributed by atoms with E-state index in [2.05, 4.69) is 11.4 Å². The third kappa shape index (κ3) is 2.69. The summed E-state index contributed by atoms with van der Waals surface area (Å²) in [7, 11) is 0. The van der Waals surface area contributed by atoms with E-state index in [1.807, 2.05) is 0 Å². The Kier molecular flexibility index (Phi) is 3.98. The van der Waals surface area contributed by atoms with Crippen molar-refractivity contribution in [2.24, 2.45) is 5.41 Å². The van der Waals surface area contributed by atoms with E-state index in [0.717, 1.165) is 19.4 Å². The minimum absolute atomic E-state index is 0.109. The molecule has 3 aliphatic rings. The Bertz CT molecular complexity index is 400. The number of nitrogens with one attached hydrogen (secondary N) is 1. The third-order valence-electron chi connectivity index (χ3n) is 5.72. The average molecular weight is 275 g/mol. The summed E-state index contributed by atoms with van der Waals surface area (Å²) in [6.07, 6.45) is 11.2. The van der Waals surface area contributed by atoms with Gasteiger partial charge >= 0.3 is 0 Å². The molecule has 3 fully saturated rings. The van der Waals surface area contributed by atoms with Crippen molar-refractivity contribution in [3.63, 3.8) is 0 Å². The highest BCUT2D eigenvalue weighted by atomic mass is 16.2. The van der Waals surface area contributed by atoms with E-state index in [-0.39, 0.29) is 11.9 Å². The molecule has 1 saturated heterocycles. The number of rotatable bonds is 3. The molecule has 0 bridgehead atoms. The van der Waals surface area contributed by atoms with E-state index in [4.69, 9.17) is 5.26 Å². The van der Waals surface area contributed by atoms with Crippen LogP contribution in [-0.2, 0) is 4.79 Å². The van der Waals surface area contributed by atoms with Gasteiger partial charge in [-0.05, 0) is 56.8 Å². The topological polar surface area (TPSA) is 56.1 Å². The van der Waals surface area contributed by atoms with Gasteiger partial charge in [0, 0.05) is 12.6 Å². The van der Waals surface area contributed by atoms with Crippen molar-refractivity contribution in [1.82, 2.24) is 10.2 Å². The summed E-state index contributed by atoms with van der Waals surface area (Å²) in [6, 6.07) is 2.56. The fourth-order valence-electron chi connectivity index (χ4n) is 4.14. The van der Waals surface area contributed by atoms with E-state index in [1.165, 1.54) is 44.9 Å². The molecule has 0 aromatic carbocycles. The molecule has 2 aliphatic carbocycles. The van der Waals surface area contributed by atoms with Crippen molar-refractivity contribution in [3.05, 3.63) is 0 Å². The molecule has 0 aromatic rings. The molecule has 0 aromatic heterocycles. The molecule has 3 rings (SSSR count). The maximum atomic E-state index is 12.2. The van der Waals surface area contributed by atoms with Gasteiger partial charge in [-0.25, -0.2) is 0 Å². The quantitative estimate of drug-likeness (QED) is 0.859. The zero-order valence-electron chi connectivity index (χ0n) is 12.2. The van der Waals surface area contributed by atoms with Gasteiger partial charge in [-0.1, -0.05) is 6.42 Å². The molecule has 110 valence electrons. The Morgan fingerprint density at radius 2 is 1.95 bits per heavy atom. The van der Waals surface area contributed by atoms with Crippen LogP contribution >= 0.6 is 0 Å². The molecule has 1 heterocycles. The largest absolute Gasteiger partial charge is 0.326 e. The van der Waals surface area contributed by atoms with Crippen LogP contribution in [0.2, 0.25) is 0 Å². The normalized spacial score (nSPS) is 29.1. The number of nitrogens with zero attached hydrogens (tertiary/aromatic N) is 2. The van der Waals surface area contributed by atoms with Crippen LogP contribution in [0.3, 0.4) is 0 Å². The number of nitriles is 1. The van der Waals surface area contributed by atoms with E-state index in [9.17, 15) is 4.79 Å². The highest BCUT2D eigenvalue weighted by molar-refractivity contribution is 5.79. The maximum Gasteiger partial charge on any atom is 0.237 e. The zero-order chi connectivity index (χ0) is 14.0. The molecule has 1 atom stereocenters. The van der Waals surface area contributed by atoms with Crippen LogP contribution < -0.4 is 5.32 Å².